The second-order valence-electron chi connectivity index (χ2n) is 4.65. The van der Waals surface area contributed by atoms with E-state index in [1.807, 2.05) is 0 Å². The number of fused-ring (bicyclic) bond motifs is 2. The minimum atomic E-state index is -5.13. The van der Waals surface area contributed by atoms with Crippen LogP contribution in [0, 0.1) is 0 Å². The monoisotopic (exact) mass is 335 g/mol. The zero-order valence-corrected chi connectivity index (χ0v) is 11.5. The molecule has 0 radical (unpaired) electrons. The Bertz CT molecular complexity index is 958. The van der Waals surface area contributed by atoms with E-state index in [0.29, 0.717) is 6.07 Å². The van der Waals surface area contributed by atoms with Crippen LogP contribution in [0.25, 0.3) is 0 Å². The molecule has 1 aliphatic rings. The molecule has 0 atom stereocenters. The maximum absolute atomic E-state index is 12.4. The van der Waals surface area contributed by atoms with Gasteiger partial charge in [0.1, 0.15) is 26.5 Å². The summed E-state index contributed by atoms with van der Waals surface area (Å²) in [6.45, 7) is 0. The molecule has 23 heavy (non-hydrogen) atoms. The van der Waals surface area contributed by atoms with E-state index in [-0.39, 0.29) is 18.6 Å². The lowest BCUT2D eigenvalue weighted by Gasteiger charge is -2.21. The molecule has 0 fully saturated rings. The van der Waals surface area contributed by atoms with E-state index in [1.165, 1.54) is 24.3 Å². The van der Waals surface area contributed by atoms with E-state index in [0.717, 1.165) is 0 Å². The number of ketones is 2. The fraction of sp³-hybridized carbons (Fsp3) is 0.0667. The Balaban J connectivity index is 0.00000192. The second-order valence-corrected chi connectivity index (χ2v) is 6.00. The van der Waals surface area contributed by atoms with Gasteiger partial charge in [-0.2, -0.15) is 0 Å². The molecule has 8 heteroatoms. The minimum Gasteiger partial charge on any atom is -0.744 e. The molecule has 0 heterocycles. The third-order valence-electron chi connectivity index (χ3n) is 3.38. The molecule has 0 unspecified atom stereocenters. The highest BCUT2D eigenvalue weighted by molar-refractivity contribution is 7.85. The van der Waals surface area contributed by atoms with Gasteiger partial charge in [-0.25, -0.2) is 8.42 Å². The van der Waals surface area contributed by atoms with E-state index in [2.05, 4.69) is 0 Å². The zero-order chi connectivity index (χ0) is 16.2. The van der Waals surface area contributed by atoms with E-state index < -0.39 is 49.2 Å². The van der Waals surface area contributed by atoms with E-state index >= 15 is 0 Å². The number of aromatic hydroxyl groups is 2. The van der Waals surface area contributed by atoms with Gasteiger partial charge in [0.05, 0.1) is 11.1 Å². The standard InChI is InChI=1S/C14H8O7S.CH4/c15-8-5-9(22(19,20)21)14(18)11-10(8)12(16)6-3-1-2-4-7(6)13(11)17;/h1-5,15,18H,(H,19,20,21);1H4/p-1. The van der Waals surface area contributed by atoms with Gasteiger partial charge in [0.15, 0.2) is 11.6 Å². The van der Waals surface area contributed by atoms with Gasteiger partial charge >= 0.3 is 0 Å². The molecule has 0 aliphatic heterocycles. The smallest absolute Gasteiger partial charge is 0.198 e. The lowest BCUT2D eigenvalue weighted by Crippen LogP contribution is -2.22. The molecule has 0 amide bonds. The normalized spacial score (nSPS) is 13.1. The van der Waals surface area contributed by atoms with Gasteiger partial charge in [-0.3, -0.25) is 9.59 Å². The largest absolute Gasteiger partial charge is 0.744 e. The molecular weight excluding hydrogens is 324 g/mol. The summed E-state index contributed by atoms with van der Waals surface area (Å²) in [7, 11) is -5.13. The fourth-order valence-electron chi connectivity index (χ4n) is 2.42. The summed E-state index contributed by atoms with van der Waals surface area (Å²) in [4.78, 5) is 23.6. The van der Waals surface area contributed by atoms with Crippen molar-refractivity contribution in [2.45, 2.75) is 12.3 Å². The number of phenolic OH excluding ortho intramolecular Hbond substituents is 2. The Kier molecular flexibility index (Phi) is 3.75. The first-order chi connectivity index (χ1) is 10.2. The van der Waals surface area contributed by atoms with Crippen LogP contribution in [0.2, 0.25) is 0 Å². The maximum atomic E-state index is 12.4. The molecule has 7 nitrogen and oxygen atoms in total. The van der Waals surface area contributed by atoms with Gasteiger partial charge < -0.3 is 14.8 Å². The van der Waals surface area contributed by atoms with Crippen molar-refractivity contribution in [1.82, 2.24) is 0 Å². The van der Waals surface area contributed by atoms with Gasteiger partial charge in [0.2, 0.25) is 0 Å². The summed E-state index contributed by atoms with van der Waals surface area (Å²) in [6, 6.07) is 6.17. The molecule has 2 aromatic rings. The molecule has 0 saturated heterocycles. The predicted molar refractivity (Wildman–Crippen MR) is 77.8 cm³/mol. The topological polar surface area (TPSA) is 132 Å². The van der Waals surface area contributed by atoms with Gasteiger partial charge in [-0.1, -0.05) is 31.7 Å². The SMILES string of the molecule is C.O=C1c2ccccc2C(=O)c2c(O)c(S(=O)(=O)[O-])cc(O)c21. The van der Waals surface area contributed by atoms with Gasteiger partial charge in [-0.05, 0) is 0 Å². The number of carbonyl (C=O) groups excluding carboxylic acids is 2. The van der Waals surface area contributed by atoms with Crippen LogP contribution in [0.3, 0.4) is 0 Å². The van der Waals surface area contributed by atoms with Crippen molar-refractivity contribution < 1.29 is 32.8 Å². The van der Waals surface area contributed by atoms with Crippen LogP contribution in [0.15, 0.2) is 35.2 Å². The number of hydrogen-bond acceptors (Lipinski definition) is 7. The van der Waals surface area contributed by atoms with Crippen LogP contribution in [0.5, 0.6) is 11.5 Å². The lowest BCUT2D eigenvalue weighted by molar-refractivity contribution is 0.0973. The van der Waals surface area contributed by atoms with E-state index in [9.17, 15) is 32.8 Å². The van der Waals surface area contributed by atoms with Crippen LogP contribution in [-0.4, -0.2) is 34.8 Å². The minimum absolute atomic E-state index is 0. The molecule has 1 aliphatic carbocycles. The highest BCUT2D eigenvalue weighted by Gasteiger charge is 2.36. The summed E-state index contributed by atoms with van der Waals surface area (Å²) < 4.78 is 33.3. The Hall–Kier alpha value is -2.71. The molecule has 2 aromatic carbocycles. The van der Waals surface area contributed by atoms with Gasteiger partial charge in [0.25, 0.3) is 0 Å². The van der Waals surface area contributed by atoms with Crippen molar-refractivity contribution in [3.8, 4) is 11.5 Å². The maximum Gasteiger partial charge on any atom is 0.198 e. The quantitative estimate of drug-likeness (QED) is 0.507. The van der Waals surface area contributed by atoms with Crippen molar-refractivity contribution >= 4 is 21.7 Å². The molecule has 0 spiro atoms. The number of carbonyl (C=O) groups is 2. The van der Waals surface area contributed by atoms with Crippen LogP contribution in [0.1, 0.15) is 39.3 Å². The van der Waals surface area contributed by atoms with Crippen LogP contribution >= 0.6 is 0 Å². The molecule has 0 bridgehead atoms. The van der Waals surface area contributed by atoms with Crippen LogP contribution < -0.4 is 0 Å². The zero-order valence-electron chi connectivity index (χ0n) is 10.7. The lowest BCUT2D eigenvalue weighted by atomic mass is 9.83. The van der Waals surface area contributed by atoms with E-state index in [4.69, 9.17) is 0 Å². The van der Waals surface area contributed by atoms with Crippen molar-refractivity contribution in [1.29, 1.82) is 0 Å². The molecule has 0 saturated carbocycles. The average Bonchev–Trinajstić information content (AvgIpc) is 2.45. The molecule has 2 N–H and O–H groups in total. The summed E-state index contributed by atoms with van der Waals surface area (Å²) in [5, 5.41) is 19.8. The highest BCUT2D eigenvalue weighted by atomic mass is 32.2. The predicted octanol–water partition coefficient (Wildman–Crippen LogP) is 1.41. The van der Waals surface area contributed by atoms with Crippen LogP contribution in [-0.2, 0) is 10.1 Å². The summed E-state index contributed by atoms with van der Waals surface area (Å²) in [6.07, 6.45) is 0. The number of hydrogen-bond donors (Lipinski definition) is 2. The van der Waals surface area contributed by atoms with Crippen molar-refractivity contribution in [3.63, 3.8) is 0 Å². The van der Waals surface area contributed by atoms with E-state index in [1.54, 1.807) is 0 Å². The van der Waals surface area contributed by atoms with Crippen molar-refractivity contribution in [2.75, 3.05) is 0 Å². The van der Waals surface area contributed by atoms with Crippen molar-refractivity contribution in [2.24, 2.45) is 0 Å². The van der Waals surface area contributed by atoms with Gasteiger partial charge in [-0.15, -0.1) is 0 Å². The number of rotatable bonds is 1. The first-order valence-corrected chi connectivity index (χ1v) is 7.37. The Morgan fingerprint density at radius 2 is 1.39 bits per heavy atom. The first-order valence-electron chi connectivity index (χ1n) is 5.96. The third kappa shape index (κ3) is 2.28. The number of phenols is 2. The fourth-order valence-corrected chi connectivity index (χ4v) is 3.02. The molecule has 0 aromatic heterocycles. The Morgan fingerprint density at radius 3 is 1.87 bits per heavy atom. The Labute approximate surface area is 131 Å². The molecular formula is C15H11O7S-. The third-order valence-corrected chi connectivity index (χ3v) is 4.23. The molecule has 3 rings (SSSR count). The Morgan fingerprint density at radius 1 is 0.913 bits per heavy atom. The molecule has 120 valence electrons. The summed E-state index contributed by atoms with van der Waals surface area (Å²) in [5.74, 6) is -3.57. The van der Waals surface area contributed by atoms with Gasteiger partial charge in [0, 0.05) is 17.2 Å². The van der Waals surface area contributed by atoms with Crippen molar-refractivity contribution in [3.05, 3.63) is 52.6 Å². The summed E-state index contributed by atoms with van der Waals surface area (Å²) in [5.41, 5.74) is -1.23. The average molecular weight is 335 g/mol. The first kappa shape index (κ1) is 16.7. The number of benzene rings is 2. The second kappa shape index (κ2) is 5.18. The highest BCUT2D eigenvalue weighted by Crippen LogP contribution is 2.41. The van der Waals surface area contributed by atoms with Crippen LogP contribution in [0.4, 0.5) is 0 Å². The summed E-state index contributed by atoms with van der Waals surface area (Å²) >= 11 is 0.